The molecule has 0 radical (unpaired) electrons. The molecule has 0 saturated carbocycles. The second-order valence-corrected chi connectivity index (χ2v) is 5.63. The largest absolute Gasteiger partial charge is 0.493 e. The van der Waals surface area contributed by atoms with E-state index in [4.69, 9.17) is 13.9 Å². The van der Waals surface area contributed by atoms with Crippen molar-refractivity contribution in [3.05, 3.63) is 24.3 Å². The first kappa shape index (κ1) is 15.8. The Hall–Kier alpha value is -2.08. The van der Waals surface area contributed by atoms with Gasteiger partial charge in [0.1, 0.15) is 5.75 Å². The fraction of sp³-hybridized carbons (Fsp3) is 0.529. The molecule has 0 spiro atoms. The number of hydrogen-bond acceptors (Lipinski definition) is 6. The normalized spacial score (nSPS) is 17.9. The van der Waals surface area contributed by atoms with E-state index in [2.05, 4.69) is 22.4 Å². The molecule has 1 atom stereocenters. The van der Waals surface area contributed by atoms with Crippen LogP contribution in [0.4, 0.5) is 6.01 Å². The van der Waals surface area contributed by atoms with Crippen molar-refractivity contribution in [2.75, 3.05) is 25.1 Å². The molecule has 3 rings (SSSR count). The van der Waals surface area contributed by atoms with Crippen LogP contribution < -0.4 is 10.1 Å². The van der Waals surface area contributed by atoms with E-state index in [1.54, 1.807) is 0 Å². The molecule has 124 valence electrons. The lowest BCUT2D eigenvalue weighted by Crippen LogP contribution is -2.27. The lowest BCUT2D eigenvalue weighted by molar-refractivity contribution is 0.0245. The summed E-state index contributed by atoms with van der Waals surface area (Å²) in [4.78, 5) is 0. The number of benzene rings is 1. The van der Waals surface area contributed by atoms with Crippen LogP contribution in [0.3, 0.4) is 0 Å². The van der Waals surface area contributed by atoms with Gasteiger partial charge in [0.15, 0.2) is 0 Å². The van der Waals surface area contributed by atoms with Gasteiger partial charge in [-0.15, -0.1) is 5.10 Å². The minimum Gasteiger partial charge on any atom is -0.493 e. The zero-order valence-electron chi connectivity index (χ0n) is 13.5. The summed E-state index contributed by atoms with van der Waals surface area (Å²) < 4.78 is 17.1. The van der Waals surface area contributed by atoms with Gasteiger partial charge >= 0.3 is 6.01 Å². The van der Waals surface area contributed by atoms with Gasteiger partial charge in [-0.1, -0.05) is 24.2 Å². The van der Waals surface area contributed by atoms with Crippen molar-refractivity contribution in [2.24, 2.45) is 0 Å². The highest BCUT2D eigenvalue weighted by atomic mass is 16.5. The second-order valence-electron chi connectivity index (χ2n) is 5.63. The first-order valence-corrected chi connectivity index (χ1v) is 8.28. The Kier molecular flexibility index (Phi) is 5.47. The zero-order chi connectivity index (χ0) is 15.9. The molecular formula is C17H23N3O3. The third-order valence-corrected chi connectivity index (χ3v) is 3.76. The number of para-hydroxylation sites is 1. The molecule has 2 aromatic rings. The Labute approximate surface area is 136 Å². The maximum absolute atomic E-state index is 5.74. The molecule has 1 saturated heterocycles. The lowest BCUT2D eigenvalue weighted by Gasteiger charge is -2.22. The first-order chi connectivity index (χ1) is 11.4. The molecule has 1 aromatic carbocycles. The van der Waals surface area contributed by atoms with Crippen LogP contribution in [0.2, 0.25) is 0 Å². The molecule has 1 unspecified atom stereocenters. The summed E-state index contributed by atoms with van der Waals surface area (Å²) in [6.07, 6.45) is 4.60. The molecule has 0 amide bonds. The summed E-state index contributed by atoms with van der Waals surface area (Å²) in [5.41, 5.74) is 0.815. The van der Waals surface area contributed by atoms with E-state index in [0.717, 1.165) is 37.2 Å². The van der Waals surface area contributed by atoms with Crippen molar-refractivity contribution in [3.8, 4) is 17.2 Å². The molecule has 0 aliphatic carbocycles. The second kappa shape index (κ2) is 7.97. The van der Waals surface area contributed by atoms with E-state index in [9.17, 15) is 0 Å². The summed E-state index contributed by atoms with van der Waals surface area (Å²) in [5.74, 6) is 1.23. The lowest BCUT2D eigenvalue weighted by atomic mass is 10.1. The van der Waals surface area contributed by atoms with Gasteiger partial charge in [-0.05, 0) is 37.8 Å². The maximum atomic E-state index is 5.74. The molecule has 1 fully saturated rings. The van der Waals surface area contributed by atoms with Crippen LogP contribution in [0, 0.1) is 0 Å². The summed E-state index contributed by atoms with van der Waals surface area (Å²) in [7, 11) is 0. The number of rotatable bonds is 7. The summed E-state index contributed by atoms with van der Waals surface area (Å²) in [6, 6.07) is 8.12. The molecule has 0 bridgehead atoms. The van der Waals surface area contributed by atoms with Gasteiger partial charge in [0.25, 0.3) is 5.89 Å². The van der Waals surface area contributed by atoms with Crippen molar-refractivity contribution in [2.45, 2.75) is 38.7 Å². The number of hydrogen-bond donors (Lipinski definition) is 1. The Balaban J connectivity index is 1.64. The van der Waals surface area contributed by atoms with Crippen LogP contribution in [0.15, 0.2) is 28.7 Å². The van der Waals surface area contributed by atoms with Crippen LogP contribution >= 0.6 is 0 Å². The van der Waals surface area contributed by atoms with Gasteiger partial charge in [0.2, 0.25) is 0 Å². The third kappa shape index (κ3) is 4.22. The van der Waals surface area contributed by atoms with Crippen LogP contribution in [-0.2, 0) is 4.74 Å². The topological polar surface area (TPSA) is 69.4 Å². The molecular weight excluding hydrogens is 294 g/mol. The molecule has 1 aromatic heterocycles. The summed E-state index contributed by atoms with van der Waals surface area (Å²) in [5, 5.41) is 11.3. The van der Waals surface area contributed by atoms with E-state index in [1.807, 2.05) is 24.3 Å². The zero-order valence-corrected chi connectivity index (χ0v) is 13.5. The fourth-order valence-corrected chi connectivity index (χ4v) is 2.55. The smallest absolute Gasteiger partial charge is 0.315 e. The van der Waals surface area contributed by atoms with Crippen LogP contribution in [-0.4, -0.2) is 36.1 Å². The van der Waals surface area contributed by atoms with E-state index in [-0.39, 0.29) is 6.10 Å². The molecule has 2 heterocycles. The number of nitrogens with zero attached hydrogens (tertiary/aromatic N) is 2. The Bertz CT molecular complexity index is 609. The average Bonchev–Trinajstić information content (AvgIpc) is 3.08. The quantitative estimate of drug-likeness (QED) is 0.843. The average molecular weight is 317 g/mol. The predicted octanol–water partition coefficient (Wildman–Crippen LogP) is 3.51. The van der Waals surface area contributed by atoms with Crippen LogP contribution in [0.1, 0.15) is 32.6 Å². The van der Waals surface area contributed by atoms with Gasteiger partial charge < -0.3 is 19.2 Å². The van der Waals surface area contributed by atoms with E-state index < -0.39 is 0 Å². The number of nitrogens with one attached hydrogen (secondary N) is 1. The van der Waals surface area contributed by atoms with E-state index >= 15 is 0 Å². The van der Waals surface area contributed by atoms with Crippen molar-refractivity contribution < 1.29 is 13.9 Å². The van der Waals surface area contributed by atoms with Gasteiger partial charge in [0, 0.05) is 13.2 Å². The Morgan fingerprint density at radius 2 is 2.17 bits per heavy atom. The third-order valence-electron chi connectivity index (χ3n) is 3.76. The van der Waals surface area contributed by atoms with Crippen molar-refractivity contribution in [1.82, 2.24) is 10.2 Å². The number of anilines is 1. The highest BCUT2D eigenvalue weighted by Crippen LogP contribution is 2.29. The highest BCUT2D eigenvalue weighted by molar-refractivity contribution is 5.62. The molecule has 1 N–H and O–H groups in total. The van der Waals surface area contributed by atoms with Crippen molar-refractivity contribution in [1.29, 1.82) is 0 Å². The molecule has 23 heavy (non-hydrogen) atoms. The highest BCUT2D eigenvalue weighted by Gasteiger charge is 2.16. The van der Waals surface area contributed by atoms with Gasteiger partial charge in [-0.25, -0.2) is 0 Å². The number of ether oxygens (including phenoxy) is 2. The Morgan fingerprint density at radius 3 is 3.00 bits per heavy atom. The van der Waals surface area contributed by atoms with E-state index in [0.29, 0.717) is 25.1 Å². The molecule has 6 nitrogen and oxygen atoms in total. The van der Waals surface area contributed by atoms with Crippen molar-refractivity contribution in [3.63, 3.8) is 0 Å². The van der Waals surface area contributed by atoms with Crippen LogP contribution in [0.25, 0.3) is 11.5 Å². The Morgan fingerprint density at radius 1 is 1.26 bits per heavy atom. The number of aromatic nitrogens is 2. The van der Waals surface area contributed by atoms with E-state index in [1.165, 1.54) is 6.42 Å². The van der Waals surface area contributed by atoms with Gasteiger partial charge in [-0.3, -0.25) is 0 Å². The van der Waals surface area contributed by atoms with Crippen LogP contribution in [0.5, 0.6) is 5.75 Å². The minimum atomic E-state index is 0.222. The summed E-state index contributed by atoms with van der Waals surface area (Å²) >= 11 is 0. The molecule has 1 aliphatic heterocycles. The standard InChI is InChI=1S/C17H23N3O3/c1-2-10-22-15-9-4-3-8-14(15)16-19-20-17(23-16)18-12-13-7-5-6-11-21-13/h3-4,8-9,13H,2,5-7,10-12H2,1H3,(H,18,20). The predicted molar refractivity (Wildman–Crippen MR) is 87.6 cm³/mol. The monoisotopic (exact) mass is 317 g/mol. The molecule has 1 aliphatic rings. The van der Waals surface area contributed by atoms with Crippen molar-refractivity contribution >= 4 is 6.01 Å². The SMILES string of the molecule is CCCOc1ccccc1-c1nnc(NCC2CCCCO2)o1. The maximum Gasteiger partial charge on any atom is 0.315 e. The fourth-order valence-electron chi connectivity index (χ4n) is 2.55. The minimum absolute atomic E-state index is 0.222. The summed E-state index contributed by atoms with van der Waals surface area (Å²) in [6.45, 7) is 4.26. The van der Waals surface area contributed by atoms with Gasteiger partial charge in [-0.2, -0.15) is 0 Å². The first-order valence-electron chi connectivity index (χ1n) is 8.28. The molecule has 6 heteroatoms. The van der Waals surface area contributed by atoms with Gasteiger partial charge in [0.05, 0.1) is 18.3 Å².